The summed E-state index contributed by atoms with van der Waals surface area (Å²) in [6.07, 6.45) is 0. The van der Waals surface area contributed by atoms with Crippen LogP contribution in [0.3, 0.4) is 0 Å². The van der Waals surface area contributed by atoms with E-state index in [1.165, 1.54) is 13.8 Å². The Morgan fingerprint density at radius 3 is 1.31 bits per heavy atom. The molecule has 0 aromatic heterocycles. The van der Waals surface area contributed by atoms with E-state index < -0.39 is 17.3 Å². The molecule has 0 amide bonds. The molecular weight excluding hydrogens is 195 g/mol. The average Bonchev–Trinajstić information content (AvgIpc) is 2.00. The third-order valence-corrected chi connectivity index (χ3v) is 1.40. The van der Waals surface area contributed by atoms with Gasteiger partial charge in [0.25, 0.3) is 0 Å². The number of rotatable bonds is 4. The molecule has 13 heavy (non-hydrogen) atoms. The van der Waals surface area contributed by atoms with Crippen LogP contribution in [-0.2, 0) is 14.4 Å². The van der Waals surface area contributed by atoms with Gasteiger partial charge < -0.3 is 1.43 Å². The largest absolute Gasteiger partial charge is 1.00 e. The van der Waals surface area contributed by atoms with Crippen LogP contribution < -0.4 is 51.4 Å². The van der Waals surface area contributed by atoms with Crippen LogP contribution in [0.1, 0.15) is 15.3 Å². The monoisotopic (exact) mass is 206 g/mol. The van der Waals surface area contributed by atoms with E-state index in [1.54, 1.807) is 0 Å². The molecule has 4 heteroatoms. The van der Waals surface area contributed by atoms with Gasteiger partial charge >= 0.3 is 51.4 Å². The second-order valence-electron chi connectivity index (χ2n) is 2.40. The molecule has 0 heterocycles. The van der Waals surface area contributed by atoms with Crippen molar-refractivity contribution in [2.75, 3.05) is 0 Å². The van der Waals surface area contributed by atoms with Crippen LogP contribution in [0.4, 0.5) is 0 Å². The van der Waals surface area contributed by atoms with Crippen molar-refractivity contribution in [2.45, 2.75) is 13.8 Å². The first kappa shape index (κ1) is 15.6. The minimum atomic E-state index is -0.671. The standard InChI is InChI=1S/C9H10O3.K.H/c1-5(7(3)10)9(12)6(2)8(4)11;;/h1-2H2,3-4H3;;/q;+1;-1. The zero-order valence-electron chi connectivity index (χ0n) is 9.14. The van der Waals surface area contributed by atoms with E-state index in [4.69, 9.17) is 0 Å². The summed E-state index contributed by atoms with van der Waals surface area (Å²) in [4.78, 5) is 32.4. The first-order valence-electron chi connectivity index (χ1n) is 3.32. The van der Waals surface area contributed by atoms with E-state index in [-0.39, 0.29) is 64.0 Å². The number of carbonyl (C=O) groups is 3. The Labute approximate surface area is 121 Å². The Kier molecular flexibility index (Phi) is 7.87. The molecule has 0 atom stereocenters. The minimum Gasteiger partial charge on any atom is -1.00 e. The number of hydrogen-bond donors (Lipinski definition) is 0. The van der Waals surface area contributed by atoms with Gasteiger partial charge in [0.15, 0.2) is 17.3 Å². The van der Waals surface area contributed by atoms with E-state index >= 15 is 0 Å². The summed E-state index contributed by atoms with van der Waals surface area (Å²) < 4.78 is 0. The van der Waals surface area contributed by atoms with Gasteiger partial charge in [-0.25, -0.2) is 0 Å². The van der Waals surface area contributed by atoms with E-state index in [1.807, 2.05) is 0 Å². The first-order valence-corrected chi connectivity index (χ1v) is 3.32. The second-order valence-corrected chi connectivity index (χ2v) is 2.40. The van der Waals surface area contributed by atoms with E-state index in [2.05, 4.69) is 13.2 Å². The predicted octanol–water partition coefficient (Wildman–Crippen LogP) is -2.04. The molecule has 66 valence electrons. The minimum absolute atomic E-state index is 0. The van der Waals surface area contributed by atoms with Gasteiger partial charge in [0.1, 0.15) is 0 Å². The van der Waals surface area contributed by atoms with Crippen LogP contribution in [0.5, 0.6) is 0 Å². The maximum absolute atomic E-state index is 11.1. The van der Waals surface area contributed by atoms with Crippen molar-refractivity contribution in [3.05, 3.63) is 24.3 Å². The van der Waals surface area contributed by atoms with Gasteiger partial charge in [0.2, 0.25) is 0 Å². The Balaban J connectivity index is -0.000000605. The molecule has 0 radical (unpaired) electrons. The molecule has 0 N–H and O–H groups in total. The topological polar surface area (TPSA) is 51.2 Å². The van der Waals surface area contributed by atoms with Gasteiger partial charge in [-0.05, 0) is 13.8 Å². The number of hydrogen-bond acceptors (Lipinski definition) is 3. The van der Waals surface area contributed by atoms with Crippen molar-refractivity contribution in [2.24, 2.45) is 0 Å². The molecule has 0 unspecified atom stereocenters. The van der Waals surface area contributed by atoms with Gasteiger partial charge in [0.05, 0.1) is 11.1 Å². The van der Waals surface area contributed by atoms with Gasteiger partial charge in [0, 0.05) is 0 Å². The third-order valence-electron chi connectivity index (χ3n) is 1.40. The van der Waals surface area contributed by atoms with Gasteiger partial charge in [-0.15, -0.1) is 0 Å². The summed E-state index contributed by atoms with van der Waals surface area (Å²) in [6.45, 7) is 8.92. The third kappa shape index (κ3) is 4.78. The molecule has 0 fully saturated rings. The van der Waals surface area contributed by atoms with Crippen molar-refractivity contribution in [1.29, 1.82) is 0 Å². The van der Waals surface area contributed by atoms with Crippen LogP contribution in [0.15, 0.2) is 24.3 Å². The maximum Gasteiger partial charge on any atom is 1.00 e. The number of carbonyl (C=O) groups excluding carboxylic acids is 3. The van der Waals surface area contributed by atoms with Crippen molar-refractivity contribution in [3.8, 4) is 0 Å². The Bertz CT molecular complexity index is 266. The SMILES string of the molecule is C=C(C(C)=O)C(=O)C(=C)C(C)=O.[H-].[K+]. The van der Waals surface area contributed by atoms with Crippen LogP contribution in [0, 0.1) is 0 Å². The fourth-order valence-corrected chi connectivity index (χ4v) is 0.502. The quantitative estimate of drug-likeness (QED) is 0.230. The molecule has 0 saturated carbocycles. The van der Waals surface area contributed by atoms with Crippen LogP contribution in [0.25, 0.3) is 0 Å². The number of ketones is 3. The molecule has 0 aliphatic carbocycles. The maximum atomic E-state index is 11.1. The van der Waals surface area contributed by atoms with Gasteiger partial charge in [-0.1, -0.05) is 13.2 Å². The summed E-state index contributed by atoms with van der Waals surface area (Å²) in [5.74, 6) is -1.56. The predicted molar refractivity (Wildman–Crippen MR) is 45.8 cm³/mol. The second kappa shape index (κ2) is 6.56. The van der Waals surface area contributed by atoms with E-state index in [0.29, 0.717) is 0 Å². The molecule has 0 rings (SSSR count). The molecule has 0 aliphatic rings. The molecule has 3 nitrogen and oxygen atoms in total. The molecule has 0 aliphatic heterocycles. The molecular formula is C9H11KO3. The zero-order chi connectivity index (χ0) is 9.89. The van der Waals surface area contributed by atoms with E-state index in [9.17, 15) is 14.4 Å². The Morgan fingerprint density at radius 2 is 1.15 bits per heavy atom. The smallest absolute Gasteiger partial charge is 1.00 e. The summed E-state index contributed by atoms with van der Waals surface area (Å²) in [5, 5.41) is 0. The Morgan fingerprint density at radius 1 is 0.923 bits per heavy atom. The summed E-state index contributed by atoms with van der Waals surface area (Å²) in [5.41, 5.74) is -0.398. The number of allylic oxidation sites excluding steroid dienone is 2. The van der Waals surface area contributed by atoms with Crippen LogP contribution in [-0.4, -0.2) is 17.3 Å². The summed E-state index contributed by atoms with van der Waals surface area (Å²) >= 11 is 0. The van der Waals surface area contributed by atoms with Crippen molar-refractivity contribution < 1.29 is 67.2 Å². The summed E-state index contributed by atoms with van der Waals surface area (Å²) in [6, 6.07) is 0. The van der Waals surface area contributed by atoms with Crippen LogP contribution >= 0.6 is 0 Å². The fourth-order valence-electron chi connectivity index (χ4n) is 0.502. The molecule has 0 aromatic carbocycles. The molecule has 0 aromatic rings. The fraction of sp³-hybridized carbons (Fsp3) is 0.222. The molecule has 0 saturated heterocycles. The normalized spacial score (nSPS) is 8.15. The van der Waals surface area contributed by atoms with Crippen molar-refractivity contribution >= 4 is 17.3 Å². The van der Waals surface area contributed by atoms with E-state index in [0.717, 1.165) is 0 Å². The Hall–Kier alpha value is 0.126. The van der Waals surface area contributed by atoms with Crippen LogP contribution in [0.2, 0.25) is 0 Å². The number of Topliss-reactive ketones (excluding diaryl/α,β-unsaturated/α-hetero) is 3. The zero-order valence-corrected chi connectivity index (χ0v) is 11.3. The van der Waals surface area contributed by atoms with Gasteiger partial charge in [-0.3, -0.25) is 14.4 Å². The first-order chi connectivity index (χ1) is 5.37. The average molecular weight is 206 g/mol. The van der Waals surface area contributed by atoms with Gasteiger partial charge in [-0.2, -0.15) is 0 Å². The van der Waals surface area contributed by atoms with Crippen molar-refractivity contribution in [3.63, 3.8) is 0 Å². The molecule has 0 bridgehead atoms. The van der Waals surface area contributed by atoms with Crippen molar-refractivity contribution in [1.82, 2.24) is 0 Å². The molecule has 0 spiro atoms. The summed E-state index contributed by atoms with van der Waals surface area (Å²) in [7, 11) is 0.